The van der Waals surface area contributed by atoms with Crippen LogP contribution in [0.3, 0.4) is 0 Å². The maximum Gasteiger partial charge on any atom is 0.181 e. The molecule has 100 valence electrons. The number of ether oxygens (including phenoxy) is 1. The van der Waals surface area contributed by atoms with E-state index in [0.717, 1.165) is 16.9 Å². The smallest absolute Gasteiger partial charge is 0.181 e. The first-order valence-corrected chi connectivity index (χ1v) is 7.55. The number of hydrogen-bond donors (Lipinski definition) is 1. The minimum Gasteiger partial charge on any atom is -0.496 e. The van der Waals surface area contributed by atoms with Crippen molar-refractivity contribution in [3.63, 3.8) is 0 Å². The van der Waals surface area contributed by atoms with E-state index in [1.54, 1.807) is 26.2 Å². The van der Waals surface area contributed by atoms with Crippen molar-refractivity contribution in [3.8, 4) is 5.75 Å². The summed E-state index contributed by atoms with van der Waals surface area (Å²) in [6.07, 6.45) is 1.12. The molecule has 1 aromatic carbocycles. The summed E-state index contributed by atoms with van der Waals surface area (Å²) in [7, 11) is -1.66. The van der Waals surface area contributed by atoms with Gasteiger partial charge in [-0.2, -0.15) is 0 Å². The molecule has 1 aliphatic rings. The largest absolute Gasteiger partial charge is 0.496 e. The number of sulfone groups is 1. The van der Waals surface area contributed by atoms with Crippen molar-refractivity contribution >= 4 is 9.84 Å². The SMILES string of the molecule is COc1cc(C)c(S(=O)(=O)C2CC(N)C2)cc1C. The summed E-state index contributed by atoms with van der Waals surface area (Å²) in [5.74, 6) is 0.719. The van der Waals surface area contributed by atoms with E-state index < -0.39 is 9.84 Å². The third-order valence-corrected chi connectivity index (χ3v) is 5.88. The lowest BCUT2D eigenvalue weighted by atomic mass is 9.93. The van der Waals surface area contributed by atoms with Crippen LogP contribution in [0, 0.1) is 13.8 Å². The highest BCUT2D eigenvalue weighted by molar-refractivity contribution is 7.92. The molecule has 0 spiro atoms. The zero-order valence-electron chi connectivity index (χ0n) is 10.9. The van der Waals surface area contributed by atoms with E-state index in [0.29, 0.717) is 17.7 Å². The first-order valence-electron chi connectivity index (χ1n) is 6.01. The molecule has 0 heterocycles. The second-order valence-corrected chi connectivity index (χ2v) is 7.18. The third kappa shape index (κ3) is 2.12. The number of benzene rings is 1. The zero-order valence-corrected chi connectivity index (χ0v) is 11.8. The molecule has 0 unspecified atom stereocenters. The van der Waals surface area contributed by atoms with Gasteiger partial charge in [0.15, 0.2) is 9.84 Å². The third-order valence-electron chi connectivity index (χ3n) is 3.57. The lowest BCUT2D eigenvalue weighted by Crippen LogP contribution is -2.44. The van der Waals surface area contributed by atoms with Gasteiger partial charge in [-0.15, -0.1) is 0 Å². The van der Waals surface area contributed by atoms with Crippen molar-refractivity contribution in [2.45, 2.75) is 42.9 Å². The first-order chi connectivity index (χ1) is 8.36. The summed E-state index contributed by atoms with van der Waals surface area (Å²) in [6, 6.07) is 3.51. The molecule has 4 nitrogen and oxygen atoms in total. The van der Waals surface area contributed by atoms with Crippen LogP contribution in [0.5, 0.6) is 5.75 Å². The summed E-state index contributed by atoms with van der Waals surface area (Å²) < 4.78 is 30.1. The highest BCUT2D eigenvalue weighted by Gasteiger charge is 2.38. The van der Waals surface area contributed by atoms with Gasteiger partial charge in [0.2, 0.25) is 0 Å². The second kappa shape index (κ2) is 4.55. The van der Waals surface area contributed by atoms with E-state index in [1.807, 2.05) is 6.92 Å². The molecule has 1 aromatic rings. The van der Waals surface area contributed by atoms with Crippen LogP contribution in [0.4, 0.5) is 0 Å². The van der Waals surface area contributed by atoms with E-state index >= 15 is 0 Å². The lowest BCUT2D eigenvalue weighted by molar-refractivity contribution is 0.406. The van der Waals surface area contributed by atoms with Crippen molar-refractivity contribution in [2.75, 3.05) is 7.11 Å². The number of nitrogens with two attached hydrogens (primary N) is 1. The minimum absolute atomic E-state index is 0.0319. The molecule has 2 N–H and O–H groups in total. The summed E-state index contributed by atoms with van der Waals surface area (Å²) in [5.41, 5.74) is 7.25. The fraction of sp³-hybridized carbons (Fsp3) is 0.538. The van der Waals surface area contributed by atoms with Gasteiger partial charge >= 0.3 is 0 Å². The van der Waals surface area contributed by atoms with Gasteiger partial charge in [-0.3, -0.25) is 0 Å². The maximum absolute atomic E-state index is 12.4. The molecule has 0 aromatic heterocycles. The molecule has 0 amide bonds. The Bertz CT molecular complexity index is 560. The fourth-order valence-corrected chi connectivity index (χ4v) is 4.54. The molecule has 1 fully saturated rings. The Balaban J connectivity index is 2.42. The molecule has 5 heteroatoms. The Labute approximate surface area is 108 Å². The van der Waals surface area contributed by atoms with Crippen LogP contribution in [0.2, 0.25) is 0 Å². The molecule has 0 saturated heterocycles. The lowest BCUT2D eigenvalue weighted by Gasteiger charge is -2.32. The molecular weight excluding hydrogens is 250 g/mol. The molecule has 18 heavy (non-hydrogen) atoms. The summed E-state index contributed by atoms with van der Waals surface area (Å²) in [6.45, 7) is 3.65. The molecule has 1 aliphatic carbocycles. The Morgan fingerprint density at radius 1 is 1.22 bits per heavy atom. The molecule has 2 rings (SSSR count). The molecule has 0 aliphatic heterocycles. The molecule has 1 saturated carbocycles. The Morgan fingerprint density at radius 3 is 2.33 bits per heavy atom. The zero-order chi connectivity index (χ0) is 13.5. The predicted octanol–water partition coefficient (Wildman–Crippen LogP) is 1.58. The van der Waals surface area contributed by atoms with Crippen LogP contribution in [-0.2, 0) is 9.84 Å². The van der Waals surface area contributed by atoms with E-state index in [-0.39, 0.29) is 11.3 Å². The van der Waals surface area contributed by atoms with Crippen LogP contribution < -0.4 is 10.5 Å². The van der Waals surface area contributed by atoms with Crippen molar-refractivity contribution in [3.05, 3.63) is 23.3 Å². The quantitative estimate of drug-likeness (QED) is 0.904. The van der Waals surface area contributed by atoms with E-state index in [1.165, 1.54) is 0 Å². The van der Waals surface area contributed by atoms with Crippen molar-refractivity contribution in [1.82, 2.24) is 0 Å². The van der Waals surface area contributed by atoms with Crippen LogP contribution >= 0.6 is 0 Å². The van der Waals surface area contributed by atoms with Gasteiger partial charge in [0.25, 0.3) is 0 Å². The molecule has 0 bridgehead atoms. The topological polar surface area (TPSA) is 69.4 Å². The normalized spacial score (nSPS) is 23.6. The van der Waals surface area contributed by atoms with Crippen molar-refractivity contribution < 1.29 is 13.2 Å². The predicted molar refractivity (Wildman–Crippen MR) is 70.7 cm³/mol. The van der Waals surface area contributed by atoms with Crippen molar-refractivity contribution in [1.29, 1.82) is 0 Å². The first kappa shape index (κ1) is 13.4. The van der Waals surface area contributed by atoms with Crippen LogP contribution in [0.15, 0.2) is 17.0 Å². The maximum atomic E-state index is 12.4. The van der Waals surface area contributed by atoms with Gasteiger partial charge in [0.05, 0.1) is 17.3 Å². The Hall–Kier alpha value is -1.07. The Morgan fingerprint density at radius 2 is 1.83 bits per heavy atom. The second-order valence-electron chi connectivity index (χ2n) is 4.99. The van der Waals surface area contributed by atoms with Gasteiger partial charge in [0, 0.05) is 6.04 Å². The Kier molecular flexibility index (Phi) is 3.38. The standard InChI is InChI=1S/C13H19NO3S/c1-8-5-13(9(2)4-12(8)17-3)18(15,16)11-6-10(14)7-11/h4-5,10-11H,6-7,14H2,1-3H3. The summed E-state index contributed by atoms with van der Waals surface area (Å²) in [4.78, 5) is 0.415. The molecular formula is C13H19NO3S. The average molecular weight is 269 g/mol. The fourth-order valence-electron chi connectivity index (χ4n) is 2.33. The summed E-state index contributed by atoms with van der Waals surface area (Å²) >= 11 is 0. The van der Waals surface area contributed by atoms with Gasteiger partial charge in [-0.25, -0.2) is 8.42 Å². The van der Waals surface area contributed by atoms with Gasteiger partial charge in [0.1, 0.15) is 5.75 Å². The average Bonchev–Trinajstić information content (AvgIpc) is 2.27. The van der Waals surface area contributed by atoms with E-state index in [4.69, 9.17) is 10.5 Å². The monoisotopic (exact) mass is 269 g/mol. The van der Waals surface area contributed by atoms with Gasteiger partial charge < -0.3 is 10.5 Å². The molecule has 0 atom stereocenters. The van der Waals surface area contributed by atoms with Crippen LogP contribution in [-0.4, -0.2) is 26.8 Å². The van der Waals surface area contributed by atoms with Gasteiger partial charge in [-0.05, 0) is 49.9 Å². The van der Waals surface area contributed by atoms with E-state index in [2.05, 4.69) is 0 Å². The number of rotatable bonds is 3. The van der Waals surface area contributed by atoms with Crippen LogP contribution in [0.1, 0.15) is 24.0 Å². The minimum atomic E-state index is -3.25. The number of hydrogen-bond acceptors (Lipinski definition) is 4. The molecule has 0 radical (unpaired) electrons. The van der Waals surface area contributed by atoms with Crippen molar-refractivity contribution in [2.24, 2.45) is 5.73 Å². The number of aryl methyl sites for hydroxylation is 2. The van der Waals surface area contributed by atoms with Gasteiger partial charge in [-0.1, -0.05) is 0 Å². The number of methoxy groups -OCH3 is 1. The van der Waals surface area contributed by atoms with E-state index in [9.17, 15) is 8.42 Å². The summed E-state index contributed by atoms with van der Waals surface area (Å²) in [5, 5.41) is -0.320. The highest BCUT2D eigenvalue weighted by atomic mass is 32.2. The highest BCUT2D eigenvalue weighted by Crippen LogP contribution is 2.34. The van der Waals surface area contributed by atoms with Crippen LogP contribution in [0.25, 0.3) is 0 Å².